The van der Waals surface area contributed by atoms with Crippen LogP contribution in [0.15, 0.2) is 18.2 Å². The van der Waals surface area contributed by atoms with Crippen LogP contribution in [0.5, 0.6) is 0 Å². The molecule has 0 aliphatic rings. The number of nitrogens with zero attached hydrogens (tertiary/aromatic N) is 3. The topological polar surface area (TPSA) is 90.7 Å². The molecule has 1 heterocycles. The van der Waals surface area contributed by atoms with Gasteiger partial charge in [-0.25, -0.2) is 0 Å². The second-order valence-electron chi connectivity index (χ2n) is 3.06. The number of halogens is 2. The fraction of sp³-hybridized carbons (Fsp3) is 0. The van der Waals surface area contributed by atoms with Crippen molar-refractivity contribution < 1.29 is 0 Å². The van der Waals surface area contributed by atoms with Crippen molar-refractivity contribution in [3.8, 4) is 11.3 Å². The molecule has 0 aliphatic carbocycles. The Morgan fingerprint density at radius 2 is 1.56 bits per heavy atom. The SMILES string of the molecule is Nc1nnc(-c2cc(Cl)cc(Cl)c2)c(N)n1. The molecule has 0 saturated heterocycles. The van der Waals surface area contributed by atoms with Crippen LogP contribution in [0.4, 0.5) is 11.8 Å². The van der Waals surface area contributed by atoms with Crippen molar-refractivity contribution in [3.05, 3.63) is 28.2 Å². The summed E-state index contributed by atoms with van der Waals surface area (Å²) < 4.78 is 0. The van der Waals surface area contributed by atoms with Crippen LogP contribution in [0.1, 0.15) is 0 Å². The number of anilines is 2. The van der Waals surface area contributed by atoms with Crippen LogP contribution in [-0.4, -0.2) is 15.2 Å². The number of benzene rings is 1. The van der Waals surface area contributed by atoms with Crippen LogP contribution < -0.4 is 11.5 Å². The third-order valence-electron chi connectivity index (χ3n) is 1.87. The average molecular weight is 256 g/mol. The van der Waals surface area contributed by atoms with E-state index in [4.69, 9.17) is 34.7 Å². The number of rotatable bonds is 1. The molecule has 0 spiro atoms. The smallest absolute Gasteiger partial charge is 0.242 e. The Labute approximate surface area is 101 Å². The van der Waals surface area contributed by atoms with Gasteiger partial charge in [0.05, 0.1) is 0 Å². The normalized spacial score (nSPS) is 10.4. The van der Waals surface area contributed by atoms with Crippen molar-refractivity contribution >= 4 is 35.0 Å². The van der Waals surface area contributed by atoms with Crippen molar-refractivity contribution in [1.29, 1.82) is 0 Å². The summed E-state index contributed by atoms with van der Waals surface area (Å²) >= 11 is 11.7. The van der Waals surface area contributed by atoms with Crippen LogP contribution in [0.25, 0.3) is 11.3 Å². The van der Waals surface area contributed by atoms with Crippen molar-refractivity contribution in [3.63, 3.8) is 0 Å². The van der Waals surface area contributed by atoms with Gasteiger partial charge in [-0.3, -0.25) is 0 Å². The van der Waals surface area contributed by atoms with E-state index in [1.165, 1.54) is 0 Å². The van der Waals surface area contributed by atoms with Crippen molar-refractivity contribution in [1.82, 2.24) is 15.2 Å². The standard InChI is InChI=1S/C9H7Cl2N5/c10-5-1-4(2-6(11)3-5)7-8(12)14-9(13)16-15-7/h1-3H,(H4,12,13,14,16). The summed E-state index contributed by atoms with van der Waals surface area (Å²) in [6.45, 7) is 0. The molecule has 16 heavy (non-hydrogen) atoms. The minimum absolute atomic E-state index is 0.0226. The van der Waals surface area contributed by atoms with Gasteiger partial charge in [-0.05, 0) is 18.2 Å². The first-order valence-corrected chi connectivity index (χ1v) is 5.04. The highest BCUT2D eigenvalue weighted by atomic mass is 35.5. The summed E-state index contributed by atoms with van der Waals surface area (Å²) in [6.07, 6.45) is 0. The van der Waals surface area contributed by atoms with E-state index in [1.54, 1.807) is 18.2 Å². The molecule has 0 saturated carbocycles. The lowest BCUT2D eigenvalue weighted by Gasteiger charge is -2.04. The molecule has 1 aromatic carbocycles. The van der Waals surface area contributed by atoms with Crippen LogP contribution in [0.2, 0.25) is 10.0 Å². The molecule has 0 amide bonds. The lowest BCUT2D eigenvalue weighted by Crippen LogP contribution is -2.04. The van der Waals surface area contributed by atoms with E-state index >= 15 is 0 Å². The van der Waals surface area contributed by atoms with Gasteiger partial charge in [0, 0.05) is 15.6 Å². The first kappa shape index (κ1) is 10.9. The van der Waals surface area contributed by atoms with Crippen LogP contribution in [0, 0.1) is 0 Å². The maximum absolute atomic E-state index is 5.87. The zero-order valence-electron chi connectivity index (χ0n) is 7.98. The second-order valence-corrected chi connectivity index (χ2v) is 3.93. The summed E-state index contributed by atoms with van der Waals surface area (Å²) in [5.41, 5.74) is 12.1. The lowest BCUT2D eigenvalue weighted by molar-refractivity contribution is 1.000. The summed E-state index contributed by atoms with van der Waals surface area (Å²) in [5.74, 6) is 0.209. The molecule has 82 valence electrons. The fourth-order valence-corrected chi connectivity index (χ4v) is 1.77. The molecule has 0 unspecified atom stereocenters. The Morgan fingerprint density at radius 3 is 2.12 bits per heavy atom. The van der Waals surface area contributed by atoms with Gasteiger partial charge in [-0.15, -0.1) is 10.2 Å². The van der Waals surface area contributed by atoms with Gasteiger partial charge in [0.15, 0.2) is 5.82 Å². The predicted octanol–water partition coefficient (Wildman–Crippen LogP) is 2.01. The molecule has 0 bridgehead atoms. The zero-order chi connectivity index (χ0) is 11.7. The van der Waals surface area contributed by atoms with Gasteiger partial charge >= 0.3 is 0 Å². The maximum atomic E-state index is 5.87. The van der Waals surface area contributed by atoms with Crippen molar-refractivity contribution in [2.75, 3.05) is 11.5 Å². The summed E-state index contributed by atoms with van der Waals surface area (Å²) in [4.78, 5) is 3.81. The van der Waals surface area contributed by atoms with Gasteiger partial charge in [0.1, 0.15) is 5.69 Å². The van der Waals surface area contributed by atoms with Crippen LogP contribution in [-0.2, 0) is 0 Å². The van der Waals surface area contributed by atoms with E-state index < -0.39 is 0 Å². The molecular weight excluding hydrogens is 249 g/mol. The number of nitrogen functional groups attached to an aromatic ring is 2. The average Bonchev–Trinajstić information content (AvgIpc) is 2.15. The molecule has 2 aromatic rings. The largest absolute Gasteiger partial charge is 0.382 e. The molecule has 1 aromatic heterocycles. The number of hydrogen-bond donors (Lipinski definition) is 2. The van der Waals surface area contributed by atoms with E-state index in [0.717, 1.165) is 0 Å². The van der Waals surface area contributed by atoms with E-state index in [-0.39, 0.29) is 11.8 Å². The maximum Gasteiger partial charge on any atom is 0.242 e. The third kappa shape index (κ3) is 2.15. The molecule has 0 fully saturated rings. The molecule has 0 atom stereocenters. The summed E-state index contributed by atoms with van der Waals surface area (Å²) in [6, 6.07) is 4.96. The highest BCUT2D eigenvalue weighted by Crippen LogP contribution is 2.28. The van der Waals surface area contributed by atoms with Crippen LogP contribution in [0.3, 0.4) is 0 Å². The summed E-state index contributed by atoms with van der Waals surface area (Å²) in [7, 11) is 0. The Bertz CT molecular complexity index is 523. The molecule has 5 nitrogen and oxygen atoms in total. The Kier molecular flexibility index (Phi) is 2.80. The molecule has 2 rings (SSSR count). The van der Waals surface area contributed by atoms with E-state index in [2.05, 4.69) is 15.2 Å². The van der Waals surface area contributed by atoms with Crippen molar-refractivity contribution in [2.24, 2.45) is 0 Å². The monoisotopic (exact) mass is 255 g/mol. The third-order valence-corrected chi connectivity index (χ3v) is 2.30. The van der Waals surface area contributed by atoms with Gasteiger partial charge in [-0.2, -0.15) is 4.98 Å². The number of nitrogens with two attached hydrogens (primary N) is 2. The summed E-state index contributed by atoms with van der Waals surface area (Å²) in [5, 5.41) is 8.45. The number of aromatic nitrogens is 3. The minimum atomic E-state index is 0.0226. The Hall–Kier alpha value is -1.59. The van der Waals surface area contributed by atoms with Gasteiger partial charge in [0.2, 0.25) is 5.95 Å². The molecule has 7 heteroatoms. The minimum Gasteiger partial charge on any atom is -0.382 e. The Balaban J connectivity index is 2.58. The first-order valence-electron chi connectivity index (χ1n) is 4.28. The van der Waals surface area contributed by atoms with E-state index in [9.17, 15) is 0 Å². The molecule has 0 aliphatic heterocycles. The van der Waals surface area contributed by atoms with E-state index in [1.807, 2.05) is 0 Å². The van der Waals surface area contributed by atoms with Crippen LogP contribution >= 0.6 is 23.2 Å². The number of hydrogen-bond acceptors (Lipinski definition) is 5. The lowest BCUT2D eigenvalue weighted by atomic mass is 10.1. The van der Waals surface area contributed by atoms with Gasteiger partial charge in [-0.1, -0.05) is 23.2 Å². The highest BCUT2D eigenvalue weighted by Gasteiger charge is 2.09. The second kappa shape index (κ2) is 4.11. The van der Waals surface area contributed by atoms with E-state index in [0.29, 0.717) is 21.3 Å². The van der Waals surface area contributed by atoms with Gasteiger partial charge in [0.25, 0.3) is 0 Å². The zero-order valence-corrected chi connectivity index (χ0v) is 9.50. The quantitative estimate of drug-likeness (QED) is 0.814. The molecular formula is C9H7Cl2N5. The molecule has 4 N–H and O–H groups in total. The highest BCUT2D eigenvalue weighted by molar-refractivity contribution is 6.35. The fourth-order valence-electron chi connectivity index (χ4n) is 1.25. The van der Waals surface area contributed by atoms with Crippen molar-refractivity contribution in [2.45, 2.75) is 0 Å². The predicted molar refractivity (Wildman–Crippen MR) is 64.1 cm³/mol. The van der Waals surface area contributed by atoms with Gasteiger partial charge < -0.3 is 11.5 Å². The molecule has 0 radical (unpaired) electrons. The first-order chi connectivity index (χ1) is 7.56. The Morgan fingerprint density at radius 1 is 0.938 bits per heavy atom.